The molecule has 1 rings (SSSR count). The van der Waals surface area contributed by atoms with Crippen molar-refractivity contribution in [3.8, 4) is 11.8 Å². The third-order valence-electron chi connectivity index (χ3n) is 2.11. The molecule has 0 saturated heterocycles. The van der Waals surface area contributed by atoms with E-state index in [2.05, 4.69) is 0 Å². The van der Waals surface area contributed by atoms with Crippen LogP contribution in [0.2, 0.25) is 0 Å². The van der Waals surface area contributed by atoms with Gasteiger partial charge in [-0.25, -0.2) is 4.79 Å². The Labute approximate surface area is 100 Å². The number of rotatable bonds is 4. The minimum absolute atomic E-state index is 0.247. The van der Waals surface area contributed by atoms with E-state index in [0.717, 1.165) is 0 Å². The number of nitrogens with zero attached hydrogens (tertiary/aromatic N) is 1. The summed E-state index contributed by atoms with van der Waals surface area (Å²) in [5.74, 6) is 0.188. The van der Waals surface area contributed by atoms with Crippen molar-refractivity contribution in [2.75, 3.05) is 13.7 Å². The maximum Gasteiger partial charge on any atom is 0.339 e. The van der Waals surface area contributed by atoms with Crippen LogP contribution in [-0.4, -0.2) is 19.7 Å². The maximum atomic E-state index is 11.6. The number of esters is 1. The van der Waals surface area contributed by atoms with Gasteiger partial charge in [0, 0.05) is 6.08 Å². The predicted octanol–water partition coefficient (Wildman–Crippen LogP) is 2.17. The van der Waals surface area contributed by atoms with E-state index in [4.69, 9.17) is 14.7 Å². The number of allylic oxidation sites excluding steroid dienone is 1. The smallest absolute Gasteiger partial charge is 0.339 e. The predicted molar refractivity (Wildman–Crippen MR) is 63.2 cm³/mol. The van der Waals surface area contributed by atoms with Gasteiger partial charge in [-0.1, -0.05) is 12.1 Å². The average molecular weight is 231 g/mol. The van der Waals surface area contributed by atoms with Crippen LogP contribution in [0.1, 0.15) is 12.5 Å². The standard InChI is InChI=1S/C13H13NO3/c1-3-17-13(15)12(8-9-14)10-4-6-11(16-2)7-5-10/h4-8H,3H2,1-2H3. The molecule has 4 nitrogen and oxygen atoms in total. The minimum Gasteiger partial charge on any atom is -0.497 e. The lowest BCUT2D eigenvalue weighted by Crippen LogP contribution is -2.06. The van der Waals surface area contributed by atoms with Gasteiger partial charge in [0.2, 0.25) is 0 Å². The quantitative estimate of drug-likeness (QED) is 0.452. The number of nitriles is 1. The SMILES string of the molecule is CCOC(=O)C(=CC#N)c1ccc(OC)cc1. The van der Waals surface area contributed by atoms with Gasteiger partial charge in [-0.05, 0) is 24.6 Å². The highest BCUT2D eigenvalue weighted by molar-refractivity contribution is 6.17. The molecule has 0 saturated carbocycles. The summed E-state index contributed by atoms with van der Waals surface area (Å²) in [5.41, 5.74) is 0.878. The number of carbonyl (C=O) groups excluding carboxylic acids is 1. The number of hydrogen-bond donors (Lipinski definition) is 0. The fourth-order valence-corrected chi connectivity index (χ4v) is 1.30. The number of ether oxygens (including phenoxy) is 2. The first-order valence-electron chi connectivity index (χ1n) is 5.14. The highest BCUT2D eigenvalue weighted by Gasteiger charge is 2.12. The van der Waals surface area contributed by atoms with Gasteiger partial charge in [-0.3, -0.25) is 0 Å². The van der Waals surface area contributed by atoms with Crippen LogP contribution in [0.25, 0.3) is 5.57 Å². The molecule has 88 valence electrons. The largest absolute Gasteiger partial charge is 0.497 e. The summed E-state index contributed by atoms with van der Waals surface area (Å²) in [7, 11) is 1.56. The van der Waals surface area contributed by atoms with Crippen molar-refractivity contribution < 1.29 is 14.3 Å². The van der Waals surface area contributed by atoms with E-state index in [9.17, 15) is 4.79 Å². The summed E-state index contributed by atoms with van der Waals surface area (Å²) < 4.78 is 9.89. The molecule has 0 aliphatic carbocycles. The molecule has 0 spiro atoms. The van der Waals surface area contributed by atoms with E-state index < -0.39 is 5.97 Å². The Hall–Kier alpha value is -2.28. The van der Waals surface area contributed by atoms with Crippen LogP contribution in [0, 0.1) is 11.3 Å². The van der Waals surface area contributed by atoms with Crippen molar-refractivity contribution in [1.82, 2.24) is 0 Å². The molecular formula is C13H13NO3. The molecular weight excluding hydrogens is 218 g/mol. The van der Waals surface area contributed by atoms with Crippen LogP contribution >= 0.6 is 0 Å². The summed E-state index contributed by atoms with van der Waals surface area (Å²) in [5, 5.41) is 8.66. The fraction of sp³-hybridized carbons (Fsp3) is 0.231. The Balaban J connectivity index is 3.03. The molecule has 0 heterocycles. The van der Waals surface area contributed by atoms with Crippen molar-refractivity contribution >= 4 is 11.5 Å². The van der Waals surface area contributed by atoms with E-state index in [1.165, 1.54) is 6.08 Å². The lowest BCUT2D eigenvalue weighted by atomic mass is 10.1. The molecule has 0 aromatic heterocycles. The van der Waals surface area contributed by atoms with Crippen LogP contribution in [0.3, 0.4) is 0 Å². The lowest BCUT2D eigenvalue weighted by molar-refractivity contribution is -0.136. The zero-order valence-corrected chi connectivity index (χ0v) is 9.77. The summed E-state index contributed by atoms with van der Waals surface area (Å²) in [6.07, 6.45) is 1.18. The van der Waals surface area contributed by atoms with Crippen molar-refractivity contribution in [3.05, 3.63) is 35.9 Å². The van der Waals surface area contributed by atoms with E-state index in [1.807, 2.05) is 6.07 Å². The Morgan fingerprint density at radius 1 is 1.41 bits per heavy atom. The summed E-state index contributed by atoms with van der Waals surface area (Å²) >= 11 is 0. The minimum atomic E-state index is -0.501. The average Bonchev–Trinajstić information content (AvgIpc) is 2.36. The topological polar surface area (TPSA) is 59.3 Å². The van der Waals surface area contributed by atoms with Crippen LogP contribution in [0.15, 0.2) is 30.3 Å². The van der Waals surface area contributed by atoms with Crippen molar-refractivity contribution in [1.29, 1.82) is 5.26 Å². The van der Waals surface area contributed by atoms with Gasteiger partial charge in [0.15, 0.2) is 0 Å². The van der Waals surface area contributed by atoms with Crippen molar-refractivity contribution in [2.45, 2.75) is 6.92 Å². The monoisotopic (exact) mass is 231 g/mol. The van der Waals surface area contributed by atoms with Crippen LogP contribution < -0.4 is 4.74 Å². The van der Waals surface area contributed by atoms with Crippen LogP contribution in [0.5, 0.6) is 5.75 Å². The van der Waals surface area contributed by atoms with Crippen LogP contribution in [-0.2, 0) is 9.53 Å². The molecule has 0 unspecified atom stereocenters. The van der Waals surface area contributed by atoms with Crippen LogP contribution in [0.4, 0.5) is 0 Å². The molecule has 1 aromatic carbocycles. The molecule has 0 bridgehead atoms. The second kappa shape index (κ2) is 6.33. The van der Waals surface area contributed by atoms with E-state index >= 15 is 0 Å². The molecule has 0 aliphatic rings. The molecule has 0 atom stereocenters. The van der Waals surface area contributed by atoms with Gasteiger partial charge >= 0.3 is 5.97 Å². The second-order valence-corrected chi connectivity index (χ2v) is 3.14. The highest BCUT2D eigenvalue weighted by atomic mass is 16.5. The first-order valence-corrected chi connectivity index (χ1v) is 5.14. The first kappa shape index (κ1) is 12.8. The Morgan fingerprint density at radius 3 is 2.53 bits per heavy atom. The van der Waals surface area contributed by atoms with Gasteiger partial charge in [-0.2, -0.15) is 5.26 Å². The van der Waals surface area contributed by atoms with E-state index in [1.54, 1.807) is 38.3 Å². The molecule has 0 amide bonds. The molecule has 17 heavy (non-hydrogen) atoms. The number of benzene rings is 1. The molecule has 1 aromatic rings. The van der Waals surface area contributed by atoms with Gasteiger partial charge < -0.3 is 9.47 Å². The first-order chi connectivity index (χ1) is 8.22. The summed E-state index contributed by atoms with van der Waals surface area (Å²) in [4.78, 5) is 11.6. The van der Waals surface area contributed by atoms with Gasteiger partial charge in [0.05, 0.1) is 25.4 Å². The van der Waals surface area contributed by atoms with Gasteiger partial charge in [-0.15, -0.1) is 0 Å². The fourth-order valence-electron chi connectivity index (χ4n) is 1.30. The third-order valence-corrected chi connectivity index (χ3v) is 2.11. The summed E-state index contributed by atoms with van der Waals surface area (Å²) in [6, 6.07) is 8.70. The Kier molecular flexibility index (Phi) is 4.77. The molecule has 0 N–H and O–H groups in total. The van der Waals surface area contributed by atoms with Crippen molar-refractivity contribution in [3.63, 3.8) is 0 Å². The highest BCUT2D eigenvalue weighted by Crippen LogP contribution is 2.19. The number of carbonyl (C=O) groups is 1. The third kappa shape index (κ3) is 3.35. The molecule has 4 heteroatoms. The van der Waals surface area contributed by atoms with Gasteiger partial charge in [0.25, 0.3) is 0 Å². The van der Waals surface area contributed by atoms with Crippen molar-refractivity contribution in [2.24, 2.45) is 0 Å². The lowest BCUT2D eigenvalue weighted by Gasteiger charge is -2.06. The second-order valence-electron chi connectivity index (χ2n) is 3.14. The van der Waals surface area contributed by atoms with Gasteiger partial charge in [0.1, 0.15) is 5.75 Å². The Morgan fingerprint density at radius 2 is 2.06 bits per heavy atom. The summed E-state index contributed by atoms with van der Waals surface area (Å²) in [6.45, 7) is 1.99. The normalized spacial score (nSPS) is 10.5. The molecule has 0 fully saturated rings. The molecule has 0 radical (unpaired) electrons. The zero-order valence-electron chi connectivity index (χ0n) is 9.77. The maximum absolute atomic E-state index is 11.6. The number of methoxy groups -OCH3 is 1. The van der Waals surface area contributed by atoms with E-state index in [0.29, 0.717) is 11.3 Å². The zero-order chi connectivity index (χ0) is 12.7. The number of hydrogen-bond acceptors (Lipinski definition) is 4. The van der Waals surface area contributed by atoms with E-state index in [-0.39, 0.29) is 12.2 Å². The molecule has 0 aliphatic heterocycles. The Bertz CT molecular complexity index is 455.